The van der Waals surface area contributed by atoms with Crippen molar-refractivity contribution >= 4 is 8.07 Å². The van der Waals surface area contributed by atoms with Crippen LogP contribution in [0.2, 0.25) is 23.7 Å². The van der Waals surface area contributed by atoms with Crippen LogP contribution in [0.3, 0.4) is 0 Å². The number of aliphatic hydroxyl groups is 1. The van der Waals surface area contributed by atoms with Gasteiger partial charge in [-0.2, -0.15) is 0 Å². The maximum Gasteiger partial charge on any atom is 0.147 e. The highest BCUT2D eigenvalue weighted by Gasteiger charge is 2.66. The van der Waals surface area contributed by atoms with E-state index in [1.54, 1.807) is 7.11 Å². The Morgan fingerprint density at radius 1 is 1.30 bits per heavy atom. The summed E-state index contributed by atoms with van der Waals surface area (Å²) < 4.78 is 11.1. The van der Waals surface area contributed by atoms with E-state index in [9.17, 15) is 5.11 Å². The van der Waals surface area contributed by atoms with Gasteiger partial charge in [-0.15, -0.1) is 6.58 Å². The normalized spacial score (nSPS) is 39.5. The lowest BCUT2D eigenvalue weighted by atomic mass is 9.59. The second-order valence-corrected chi connectivity index (χ2v) is 16.4. The Kier molecular flexibility index (Phi) is 5.62. The second kappa shape index (κ2) is 7.12. The lowest BCUT2D eigenvalue weighted by Gasteiger charge is -2.60. The lowest BCUT2D eigenvalue weighted by molar-refractivity contribution is -0.0597. The van der Waals surface area contributed by atoms with Crippen molar-refractivity contribution in [1.82, 2.24) is 0 Å². The molecule has 0 aliphatic heterocycles. The van der Waals surface area contributed by atoms with Crippen LogP contribution >= 0.6 is 0 Å². The van der Waals surface area contributed by atoms with Crippen LogP contribution in [-0.2, 0) is 9.47 Å². The Morgan fingerprint density at radius 2 is 2.00 bits per heavy atom. The van der Waals surface area contributed by atoms with Crippen LogP contribution in [0.5, 0.6) is 0 Å². The minimum atomic E-state index is -1.67. The van der Waals surface area contributed by atoms with Gasteiger partial charge in [-0.1, -0.05) is 64.4 Å². The molecule has 0 amide bonds. The molecule has 154 valence electrons. The third-order valence-corrected chi connectivity index (χ3v) is 15.1. The molecule has 0 heterocycles. The molecule has 2 saturated carbocycles. The molecule has 5 atom stereocenters. The highest BCUT2D eigenvalue weighted by atomic mass is 28.3. The molecule has 1 N–H and O–H groups in total. The average molecular weight is 393 g/mol. The van der Waals surface area contributed by atoms with Gasteiger partial charge in [0.15, 0.2) is 0 Å². The van der Waals surface area contributed by atoms with Crippen LogP contribution in [0.4, 0.5) is 0 Å². The van der Waals surface area contributed by atoms with Gasteiger partial charge in [-0.3, -0.25) is 0 Å². The first-order valence-corrected chi connectivity index (χ1v) is 13.8. The van der Waals surface area contributed by atoms with Crippen molar-refractivity contribution in [3.8, 4) is 0 Å². The van der Waals surface area contributed by atoms with Crippen LogP contribution in [0.15, 0.2) is 24.3 Å². The van der Waals surface area contributed by atoms with Crippen molar-refractivity contribution in [2.75, 3.05) is 13.9 Å². The first-order valence-electron chi connectivity index (χ1n) is 10.7. The van der Waals surface area contributed by atoms with Crippen LogP contribution in [-0.4, -0.2) is 38.8 Å². The summed E-state index contributed by atoms with van der Waals surface area (Å²) >= 11 is 0. The Balaban J connectivity index is 2.09. The molecule has 3 aliphatic rings. The number of fused-ring (bicyclic) bond motifs is 2. The third-order valence-electron chi connectivity index (χ3n) is 8.68. The van der Waals surface area contributed by atoms with Gasteiger partial charge in [-0.05, 0) is 42.2 Å². The van der Waals surface area contributed by atoms with E-state index in [0.717, 1.165) is 25.7 Å². The summed E-state index contributed by atoms with van der Waals surface area (Å²) in [6, 6.07) is 0. The van der Waals surface area contributed by atoms with Crippen LogP contribution in [0.25, 0.3) is 0 Å². The fraction of sp³-hybridized carbons (Fsp3) is 0.826. The molecule has 4 heteroatoms. The van der Waals surface area contributed by atoms with Gasteiger partial charge >= 0.3 is 0 Å². The van der Waals surface area contributed by atoms with Crippen molar-refractivity contribution < 1.29 is 14.6 Å². The monoisotopic (exact) mass is 392 g/mol. The topological polar surface area (TPSA) is 38.7 Å². The zero-order chi connectivity index (χ0) is 20.1. The van der Waals surface area contributed by atoms with Gasteiger partial charge in [-0.25, -0.2) is 0 Å². The summed E-state index contributed by atoms with van der Waals surface area (Å²) in [5.74, 6) is 0.545. The number of methoxy groups -OCH3 is 1. The number of ether oxygens (including phenoxy) is 2. The fourth-order valence-corrected chi connectivity index (χ4v) is 10.2. The van der Waals surface area contributed by atoms with E-state index in [4.69, 9.17) is 9.47 Å². The minimum Gasteiger partial charge on any atom is -0.385 e. The molecular formula is C23H40O3Si. The van der Waals surface area contributed by atoms with Gasteiger partial charge in [0.2, 0.25) is 0 Å². The molecule has 0 bridgehead atoms. The predicted octanol–water partition coefficient (Wildman–Crippen LogP) is 5.68. The smallest absolute Gasteiger partial charge is 0.147 e. The van der Waals surface area contributed by atoms with Gasteiger partial charge in [0.25, 0.3) is 0 Å². The molecule has 3 nitrogen and oxygen atoms in total. The first-order chi connectivity index (χ1) is 12.5. The van der Waals surface area contributed by atoms with Crippen LogP contribution < -0.4 is 0 Å². The highest BCUT2D eigenvalue weighted by molar-refractivity contribution is 6.81. The van der Waals surface area contributed by atoms with Crippen molar-refractivity contribution in [2.45, 2.75) is 94.7 Å². The maximum absolute atomic E-state index is 11.9. The third kappa shape index (κ3) is 3.11. The SMILES string of the molecule is C=C[C@@]1(O)CCC[C@H]([Si](C)(C)C(C)(C)C)[C@]12CCC1C[C@@H](OCOC)C=C12. The Morgan fingerprint density at radius 3 is 2.59 bits per heavy atom. The van der Waals surface area contributed by atoms with E-state index >= 15 is 0 Å². The average Bonchev–Trinajstić information content (AvgIpc) is 3.15. The summed E-state index contributed by atoms with van der Waals surface area (Å²) in [5.41, 5.74) is 1.12. The Bertz CT molecular complexity index is 605. The molecule has 27 heavy (non-hydrogen) atoms. The summed E-state index contributed by atoms with van der Waals surface area (Å²) in [6.07, 6.45) is 10.9. The molecule has 3 rings (SSSR count). The van der Waals surface area contributed by atoms with E-state index in [0.29, 0.717) is 23.3 Å². The summed E-state index contributed by atoms with van der Waals surface area (Å²) in [6.45, 7) is 16.8. The zero-order valence-electron chi connectivity index (χ0n) is 18.3. The highest BCUT2D eigenvalue weighted by Crippen LogP contribution is 2.70. The number of rotatable bonds is 5. The molecule has 1 unspecified atom stereocenters. The van der Waals surface area contributed by atoms with Crippen molar-refractivity contribution in [1.29, 1.82) is 0 Å². The number of hydrogen-bond acceptors (Lipinski definition) is 3. The Hall–Kier alpha value is -0.423. The molecule has 0 radical (unpaired) electrons. The van der Waals surface area contributed by atoms with E-state index in [-0.39, 0.29) is 11.5 Å². The molecule has 0 saturated heterocycles. The first kappa shape index (κ1) is 21.3. The predicted molar refractivity (Wildman–Crippen MR) is 115 cm³/mol. The molecule has 0 aromatic carbocycles. The van der Waals surface area contributed by atoms with E-state index < -0.39 is 13.7 Å². The van der Waals surface area contributed by atoms with Gasteiger partial charge in [0.1, 0.15) is 6.79 Å². The maximum atomic E-state index is 11.9. The van der Waals surface area contributed by atoms with Gasteiger partial charge < -0.3 is 14.6 Å². The van der Waals surface area contributed by atoms with E-state index in [2.05, 4.69) is 46.5 Å². The largest absolute Gasteiger partial charge is 0.385 e. The molecule has 2 fully saturated rings. The molecule has 3 aliphatic carbocycles. The quantitative estimate of drug-likeness (QED) is 0.371. The van der Waals surface area contributed by atoms with Crippen molar-refractivity contribution in [3.05, 3.63) is 24.3 Å². The molecular weight excluding hydrogens is 352 g/mol. The fourth-order valence-electron chi connectivity index (χ4n) is 6.39. The van der Waals surface area contributed by atoms with E-state index in [1.807, 2.05) is 6.08 Å². The van der Waals surface area contributed by atoms with Crippen LogP contribution in [0, 0.1) is 11.3 Å². The number of hydrogen-bond donors (Lipinski definition) is 1. The van der Waals surface area contributed by atoms with Crippen molar-refractivity contribution in [3.63, 3.8) is 0 Å². The standard InChI is InChI=1S/C23H40O3Si/c1-8-22(24)12-9-10-20(27(6,7)21(2,3)4)23(22)13-11-17-14-18(15-19(17)23)26-16-25-5/h8,15,17-18,20,24H,1,9-14,16H2,2-7H3/t17?,18-,20+,22-,23-/m1/s1. The zero-order valence-corrected chi connectivity index (χ0v) is 19.3. The molecule has 1 spiro atoms. The summed E-state index contributed by atoms with van der Waals surface area (Å²) in [4.78, 5) is 0. The molecule has 0 aromatic rings. The lowest BCUT2D eigenvalue weighted by Crippen LogP contribution is -2.60. The second-order valence-electron chi connectivity index (χ2n) is 10.7. The van der Waals surface area contributed by atoms with Crippen LogP contribution in [0.1, 0.15) is 59.3 Å². The summed E-state index contributed by atoms with van der Waals surface area (Å²) in [5, 5.41) is 12.2. The molecule has 0 aromatic heterocycles. The van der Waals surface area contributed by atoms with E-state index in [1.165, 1.54) is 18.4 Å². The minimum absolute atomic E-state index is 0.123. The van der Waals surface area contributed by atoms with Gasteiger partial charge in [0.05, 0.1) is 19.8 Å². The Labute approximate surface area is 167 Å². The van der Waals surface area contributed by atoms with Gasteiger partial charge in [0, 0.05) is 12.5 Å². The van der Waals surface area contributed by atoms with Crippen molar-refractivity contribution in [2.24, 2.45) is 11.3 Å². The summed E-state index contributed by atoms with van der Waals surface area (Å²) in [7, 11) is 0.00817.